The molecule has 0 saturated heterocycles. The highest BCUT2D eigenvalue weighted by molar-refractivity contribution is 5.87. The third-order valence-corrected chi connectivity index (χ3v) is 11.1. The molecule has 0 N–H and O–H groups in total. The van der Waals surface area contributed by atoms with Crippen molar-refractivity contribution in [3.63, 3.8) is 0 Å². The van der Waals surface area contributed by atoms with E-state index < -0.39 is 10.8 Å². The molecular weight excluding hydrogens is 627 g/mol. The number of benzene rings is 5. The van der Waals surface area contributed by atoms with Gasteiger partial charge in [0.15, 0.2) is 0 Å². The summed E-state index contributed by atoms with van der Waals surface area (Å²) in [5.74, 6) is 0. The lowest BCUT2D eigenvalue weighted by Crippen LogP contribution is -2.44. The molecule has 3 aliphatic carbocycles. The number of fused-ring (bicyclic) bond motifs is 10. The van der Waals surface area contributed by atoms with Gasteiger partial charge in [-0.15, -0.1) is 0 Å². The smallest absolute Gasteiger partial charge is 0.0714 e. The molecule has 2 spiro atoms. The zero-order valence-electron chi connectivity index (χ0n) is 30.3. The minimum Gasteiger partial charge on any atom is -0.338 e. The standard InChI is InChI=1S/C51H45N/c1-4-7-10-21-34-52(42-26-13-11-14-27-42)43-32-33-48-49(37-43)51(40(24-9-6-3)35-39-23-16-18-29-45(39)51)47-31-20-19-30-46(47)50(48)41(25-12-8-5-2)36-38-22-15-17-28-44(38)50/h4-33,36-37H,34-35H2,1-3H3/b7-4-,8-5-,9-6-,21-10-,25-12-,40-24+. The Kier molecular flexibility index (Phi) is 8.95. The van der Waals surface area contributed by atoms with E-state index in [9.17, 15) is 0 Å². The molecule has 0 fully saturated rings. The summed E-state index contributed by atoms with van der Waals surface area (Å²) in [6, 6.07) is 45.7. The molecule has 0 saturated carbocycles. The van der Waals surface area contributed by atoms with Crippen LogP contribution in [0.15, 0.2) is 199 Å². The van der Waals surface area contributed by atoms with Crippen LogP contribution in [0.25, 0.3) is 6.08 Å². The van der Waals surface area contributed by atoms with Gasteiger partial charge in [-0.2, -0.15) is 0 Å². The predicted octanol–water partition coefficient (Wildman–Crippen LogP) is 12.5. The summed E-state index contributed by atoms with van der Waals surface area (Å²) in [5.41, 5.74) is 14.9. The molecule has 0 bridgehead atoms. The van der Waals surface area contributed by atoms with Gasteiger partial charge in [0.25, 0.3) is 0 Å². The summed E-state index contributed by atoms with van der Waals surface area (Å²) in [6.07, 6.45) is 27.5. The van der Waals surface area contributed by atoms with Crippen molar-refractivity contribution < 1.29 is 0 Å². The summed E-state index contributed by atoms with van der Waals surface area (Å²) in [5, 5.41) is 0. The maximum atomic E-state index is 2.53. The zero-order valence-corrected chi connectivity index (χ0v) is 30.3. The Hall–Kier alpha value is -5.92. The summed E-state index contributed by atoms with van der Waals surface area (Å²) in [6.45, 7) is 7.01. The van der Waals surface area contributed by atoms with Crippen LogP contribution in [0.2, 0.25) is 0 Å². The van der Waals surface area contributed by atoms with E-state index in [2.05, 4.69) is 220 Å². The Morgan fingerprint density at radius 1 is 0.538 bits per heavy atom. The number of anilines is 2. The lowest BCUT2D eigenvalue weighted by molar-refractivity contribution is 0.623. The first-order valence-electron chi connectivity index (χ1n) is 18.6. The van der Waals surface area contributed by atoms with E-state index in [-0.39, 0.29) is 0 Å². The number of para-hydroxylation sites is 1. The fraction of sp³-hybridized carbons (Fsp3) is 0.137. The van der Waals surface area contributed by atoms with Gasteiger partial charge < -0.3 is 4.90 Å². The van der Waals surface area contributed by atoms with Crippen LogP contribution in [0.1, 0.15) is 65.3 Å². The van der Waals surface area contributed by atoms with Gasteiger partial charge in [0, 0.05) is 17.9 Å². The molecule has 1 nitrogen and oxygen atoms in total. The number of nitrogens with zero attached hydrogens (tertiary/aromatic N) is 1. The van der Waals surface area contributed by atoms with Crippen molar-refractivity contribution in [2.24, 2.45) is 0 Å². The van der Waals surface area contributed by atoms with Crippen LogP contribution in [0, 0.1) is 0 Å². The van der Waals surface area contributed by atoms with Gasteiger partial charge >= 0.3 is 0 Å². The summed E-state index contributed by atoms with van der Waals surface area (Å²) < 4.78 is 0. The van der Waals surface area contributed by atoms with E-state index in [0.29, 0.717) is 0 Å². The molecule has 0 radical (unpaired) electrons. The van der Waals surface area contributed by atoms with Crippen molar-refractivity contribution in [2.45, 2.75) is 38.0 Å². The van der Waals surface area contributed by atoms with Crippen molar-refractivity contribution in [2.75, 3.05) is 11.4 Å². The Labute approximate surface area is 309 Å². The first-order valence-corrected chi connectivity index (χ1v) is 18.6. The van der Waals surface area contributed by atoms with E-state index in [4.69, 9.17) is 0 Å². The van der Waals surface area contributed by atoms with Gasteiger partial charge in [0.05, 0.1) is 10.8 Å². The number of hydrogen-bond donors (Lipinski definition) is 0. The second-order valence-electron chi connectivity index (χ2n) is 13.8. The molecular formula is C51H45N. The van der Waals surface area contributed by atoms with Gasteiger partial charge in [-0.3, -0.25) is 0 Å². The van der Waals surface area contributed by atoms with Gasteiger partial charge in [0.2, 0.25) is 0 Å². The second-order valence-corrected chi connectivity index (χ2v) is 13.8. The lowest BCUT2D eigenvalue weighted by atomic mass is 9.52. The topological polar surface area (TPSA) is 3.24 Å². The first kappa shape index (κ1) is 33.2. The molecule has 0 amide bonds. The molecule has 1 heteroatoms. The maximum absolute atomic E-state index is 2.53. The SMILES string of the molecule is C/C=C\C=C/CN(c1ccccc1)c1ccc2c(c1)C1(/C(=C/C=C\C)Cc3ccccc31)c1ccccc1C21C(/C=C\C=C/C)=Cc2ccccc21. The van der Waals surface area contributed by atoms with E-state index >= 15 is 0 Å². The van der Waals surface area contributed by atoms with Crippen LogP contribution >= 0.6 is 0 Å². The third kappa shape index (κ3) is 5.07. The van der Waals surface area contributed by atoms with Gasteiger partial charge in [-0.25, -0.2) is 0 Å². The minimum atomic E-state index is -0.489. The van der Waals surface area contributed by atoms with Crippen LogP contribution in [0.4, 0.5) is 11.4 Å². The molecule has 5 aromatic rings. The highest BCUT2D eigenvalue weighted by atomic mass is 15.1. The molecule has 0 aromatic heterocycles. The highest BCUT2D eigenvalue weighted by Crippen LogP contribution is 2.65. The van der Waals surface area contributed by atoms with Crippen LogP contribution < -0.4 is 4.90 Å². The maximum Gasteiger partial charge on any atom is 0.0714 e. The van der Waals surface area contributed by atoms with Crippen LogP contribution in [0.5, 0.6) is 0 Å². The average molecular weight is 672 g/mol. The molecule has 0 aliphatic heterocycles. The van der Waals surface area contributed by atoms with Gasteiger partial charge in [-0.1, -0.05) is 164 Å². The molecule has 3 aliphatic rings. The quantitative estimate of drug-likeness (QED) is 0.148. The van der Waals surface area contributed by atoms with Crippen LogP contribution in [0.3, 0.4) is 0 Å². The van der Waals surface area contributed by atoms with Crippen LogP contribution in [-0.4, -0.2) is 6.54 Å². The minimum absolute atomic E-state index is 0.470. The number of hydrogen-bond acceptors (Lipinski definition) is 1. The fourth-order valence-electron chi connectivity index (χ4n) is 9.11. The Morgan fingerprint density at radius 3 is 1.94 bits per heavy atom. The Bertz CT molecular complexity index is 2340. The molecule has 254 valence electrons. The van der Waals surface area contributed by atoms with E-state index in [0.717, 1.165) is 13.0 Å². The van der Waals surface area contributed by atoms with Crippen LogP contribution in [-0.2, 0) is 17.3 Å². The van der Waals surface area contributed by atoms with Crippen molar-refractivity contribution in [1.29, 1.82) is 0 Å². The summed E-state index contributed by atoms with van der Waals surface area (Å²) in [7, 11) is 0. The molecule has 0 heterocycles. The second kappa shape index (κ2) is 14.0. The summed E-state index contributed by atoms with van der Waals surface area (Å²) in [4.78, 5) is 2.45. The van der Waals surface area contributed by atoms with E-state index in [1.165, 1.54) is 67.0 Å². The Morgan fingerprint density at radius 2 is 1.17 bits per heavy atom. The monoisotopic (exact) mass is 671 g/mol. The molecule has 2 unspecified atom stereocenters. The van der Waals surface area contributed by atoms with E-state index in [1.807, 2.05) is 0 Å². The number of rotatable bonds is 8. The highest BCUT2D eigenvalue weighted by Gasteiger charge is 2.58. The van der Waals surface area contributed by atoms with Crippen molar-refractivity contribution in [3.05, 3.63) is 244 Å². The predicted molar refractivity (Wildman–Crippen MR) is 221 cm³/mol. The molecule has 8 rings (SSSR count). The number of allylic oxidation sites excluding steroid dienone is 12. The van der Waals surface area contributed by atoms with Gasteiger partial charge in [0.1, 0.15) is 0 Å². The largest absolute Gasteiger partial charge is 0.338 e. The van der Waals surface area contributed by atoms with E-state index in [1.54, 1.807) is 0 Å². The molecule has 2 atom stereocenters. The van der Waals surface area contributed by atoms with Crippen molar-refractivity contribution >= 4 is 17.5 Å². The molecule has 5 aromatic carbocycles. The van der Waals surface area contributed by atoms with Gasteiger partial charge in [-0.05, 0) is 113 Å². The normalized spacial score (nSPS) is 20.9. The third-order valence-electron chi connectivity index (χ3n) is 11.1. The average Bonchev–Trinajstić information content (AvgIpc) is 3.70. The fourth-order valence-corrected chi connectivity index (χ4v) is 9.11. The lowest BCUT2D eigenvalue weighted by Gasteiger charge is -2.49. The first-order chi connectivity index (χ1) is 25.7. The Balaban J connectivity index is 1.51. The molecule has 52 heavy (non-hydrogen) atoms. The summed E-state index contributed by atoms with van der Waals surface area (Å²) >= 11 is 0. The zero-order chi connectivity index (χ0) is 35.5. The van der Waals surface area contributed by atoms with Crippen molar-refractivity contribution in [3.8, 4) is 0 Å². The van der Waals surface area contributed by atoms with Crippen molar-refractivity contribution in [1.82, 2.24) is 0 Å².